The standard InChI is InChI=1S/C17H15NO3/c1-11-7-9-13(10-8-11)16-18(12(2)19)15-6-4-3-5-14(15)17(20)21-16/h3-10,16H,1-2H3. The molecule has 1 aliphatic heterocycles. The number of fused-ring (bicyclic) bond motifs is 1. The molecular weight excluding hydrogens is 266 g/mol. The van der Waals surface area contributed by atoms with Crippen molar-refractivity contribution in [1.82, 2.24) is 0 Å². The number of nitrogens with zero attached hydrogens (tertiary/aromatic N) is 1. The summed E-state index contributed by atoms with van der Waals surface area (Å²) in [6.45, 7) is 3.45. The number of amides is 1. The molecule has 4 heteroatoms. The zero-order valence-corrected chi connectivity index (χ0v) is 11.9. The molecule has 0 saturated heterocycles. The number of hydrogen-bond acceptors (Lipinski definition) is 3. The molecule has 2 aromatic carbocycles. The smallest absolute Gasteiger partial charge is 0.342 e. The number of carbonyl (C=O) groups excluding carboxylic acids is 2. The highest BCUT2D eigenvalue weighted by molar-refractivity contribution is 6.04. The van der Waals surface area contributed by atoms with Gasteiger partial charge in [0.1, 0.15) is 0 Å². The minimum absolute atomic E-state index is 0.166. The third-order valence-electron chi connectivity index (χ3n) is 3.54. The van der Waals surface area contributed by atoms with Crippen LogP contribution in [0.15, 0.2) is 48.5 Å². The van der Waals surface area contributed by atoms with E-state index in [4.69, 9.17) is 4.74 Å². The molecule has 21 heavy (non-hydrogen) atoms. The number of rotatable bonds is 1. The molecule has 3 rings (SSSR count). The van der Waals surface area contributed by atoms with Crippen molar-refractivity contribution >= 4 is 17.6 Å². The molecule has 0 spiro atoms. The third-order valence-corrected chi connectivity index (χ3v) is 3.54. The maximum atomic E-state index is 12.1. The third kappa shape index (κ3) is 2.29. The predicted octanol–water partition coefficient (Wildman–Crippen LogP) is 3.22. The molecule has 0 aromatic heterocycles. The number of anilines is 1. The molecule has 0 bridgehead atoms. The molecular formula is C17H15NO3. The number of esters is 1. The average Bonchev–Trinajstić information content (AvgIpc) is 2.47. The van der Waals surface area contributed by atoms with E-state index < -0.39 is 12.2 Å². The monoisotopic (exact) mass is 281 g/mol. The maximum absolute atomic E-state index is 12.1. The number of ether oxygens (including phenoxy) is 1. The van der Waals surface area contributed by atoms with E-state index in [0.717, 1.165) is 11.1 Å². The lowest BCUT2D eigenvalue weighted by Gasteiger charge is -2.35. The van der Waals surface area contributed by atoms with E-state index in [1.54, 1.807) is 24.3 Å². The number of cyclic esters (lactones) is 1. The van der Waals surface area contributed by atoms with Crippen LogP contribution in [0.2, 0.25) is 0 Å². The molecule has 4 nitrogen and oxygen atoms in total. The summed E-state index contributed by atoms with van der Waals surface area (Å²) < 4.78 is 5.48. The van der Waals surface area contributed by atoms with Gasteiger partial charge in [-0.2, -0.15) is 0 Å². The Bertz CT molecular complexity index is 706. The van der Waals surface area contributed by atoms with Crippen molar-refractivity contribution in [2.45, 2.75) is 20.1 Å². The fourth-order valence-corrected chi connectivity index (χ4v) is 2.48. The van der Waals surface area contributed by atoms with E-state index in [0.29, 0.717) is 11.3 Å². The van der Waals surface area contributed by atoms with Crippen LogP contribution >= 0.6 is 0 Å². The molecule has 1 heterocycles. The molecule has 0 saturated carbocycles. The second kappa shape index (κ2) is 5.05. The van der Waals surface area contributed by atoms with Gasteiger partial charge in [-0.05, 0) is 19.1 Å². The van der Waals surface area contributed by atoms with Crippen molar-refractivity contribution in [2.24, 2.45) is 0 Å². The van der Waals surface area contributed by atoms with Crippen LogP contribution < -0.4 is 4.90 Å². The normalized spacial score (nSPS) is 17.1. The summed E-state index contributed by atoms with van der Waals surface area (Å²) in [7, 11) is 0. The van der Waals surface area contributed by atoms with Crippen LogP contribution in [-0.2, 0) is 9.53 Å². The number of benzene rings is 2. The van der Waals surface area contributed by atoms with Crippen LogP contribution in [0.25, 0.3) is 0 Å². The van der Waals surface area contributed by atoms with Gasteiger partial charge in [-0.3, -0.25) is 9.69 Å². The van der Waals surface area contributed by atoms with Crippen molar-refractivity contribution in [1.29, 1.82) is 0 Å². The minimum atomic E-state index is -0.717. The minimum Gasteiger partial charge on any atom is -0.433 e. The SMILES string of the molecule is CC(=O)N1c2ccccc2C(=O)OC1c1ccc(C)cc1. The number of para-hydroxylation sites is 1. The average molecular weight is 281 g/mol. The molecule has 1 unspecified atom stereocenters. The van der Waals surface area contributed by atoms with E-state index in [-0.39, 0.29) is 5.91 Å². The lowest BCUT2D eigenvalue weighted by Crippen LogP contribution is -2.40. The first-order valence-electron chi connectivity index (χ1n) is 6.74. The van der Waals surface area contributed by atoms with Gasteiger partial charge in [0.05, 0.1) is 11.3 Å². The highest BCUT2D eigenvalue weighted by Gasteiger charge is 2.35. The van der Waals surface area contributed by atoms with Crippen molar-refractivity contribution in [3.8, 4) is 0 Å². The highest BCUT2D eigenvalue weighted by atomic mass is 16.6. The quantitative estimate of drug-likeness (QED) is 0.754. The van der Waals surface area contributed by atoms with Crippen molar-refractivity contribution in [2.75, 3.05) is 4.90 Å². The number of hydrogen-bond donors (Lipinski definition) is 0. The molecule has 2 aromatic rings. The summed E-state index contributed by atoms with van der Waals surface area (Å²) in [5.41, 5.74) is 2.89. The van der Waals surface area contributed by atoms with E-state index in [9.17, 15) is 9.59 Å². The van der Waals surface area contributed by atoms with Crippen LogP contribution in [0.5, 0.6) is 0 Å². The summed E-state index contributed by atoms with van der Waals surface area (Å²) in [6.07, 6.45) is -0.717. The largest absolute Gasteiger partial charge is 0.433 e. The second-order valence-electron chi connectivity index (χ2n) is 5.07. The van der Waals surface area contributed by atoms with Crippen LogP contribution in [0.3, 0.4) is 0 Å². The van der Waals surface area contributed by atoms with Gasteiger partial charge in [-0.15, -0.1) is 0 Å². The Balaban J connectivity index is 2.11. The van der Waals surface area contributed by atoms with Gasteiger partial charge in [0.2, 0.25) is 12.1 Å². The van der Waals surface area contributed by atoms with Gasteiger partial charge >= 0.3 is 5.97 Å². The first-order valence-corrected chi connectivity index (χ1v) is 6.74. The Labute approximate surface area is 123 Å². The van der Waals surface area contributed by atoms with E-state index in [2.05, 4.69) is 0 Å². The van der Waals surface area contributed by atoms with Gasteiger partial charge < -0.3 is 4.74 Å². The van der Waals surface area contributed by atoms with Gasteiger partial charge in [-0.25, -0.2) is 4.79 Å². The summed E-state index contributed by atoms with van der Waals surface area (Å²) in [6, 6.07) is 14.6. The number of aryl methyl sites for hydroxylation is 1. The number of carbonyl (C=O) groups is 2. The first kappa shape index (κ1) is 13.4. The Morgan fingerprint density at radius 2 is 1.76 bits per heavy atom. The van der Waals surface area contributed by atoms with Crippen LogP contribution in [0.1, 0.15) is 34.6 Å². The van der Waals surface area contributed by atoms with Crippen molar-refractivity contribution in [3.05, 3.63) is 65.2 Å². The topological polar surface area (TPSA) is 46.6 Å². The summed E-state index contributed by atoms with van der Waals surface area (Å²) >= 11 is 0. The molecule has 0 fully saturated rings. The van der Waals surface area contributed by atoms with Crippen molar-refractivity contribution < 1.29 is 14.3 Å². The highest BCUT2D eigenvalue weighted by Crippen LogP contribution is 2.36. The summed E-state index contributed by atoms with van der Waals surface area (Å²) in [4.78, 5) is 25.7. The van der Waals surface area contributed by atoms with Crippen LogP contribution in [-0.4, -0.2) is 11.9 Å². The second-order valence-corrected chi connectivity index (χ2v) is 5.07. The Hall–Kier alpha value is -2.62. The fraction of sp³-hybridized carbons (Fsp3) is 0.176. The van der Waals surface area contributed by atoms with Gasteiger partial charge in [0.15, 0.2) is 0 Å². The van der Waals surface area contributed by atoms with Gasteiger partial charge in [-0.1, -0.05) is 42.0 Å². The molecule has 1 amide bonds. The zero-order valence-electron chi connectivity index (χ0n) is 11.9. The maximum Gasteiger partial charge on any atom is 0.342 e. The Morgan fingerprint density at radius 3 is 2.43 bits per heavy atom. The van der Waals surface area contributed by atoms with Crippen LogP contribution in [0, 0.1) is 6.92 Å². The van der Waals surface area contributed by atoms with E-state index in [1.165, 1.54) is 11.8 Å². The predicted molar refractivity (Wildman–Crippen MR) is 78.9 cm³/mol. The van der Waals surface area contributed by atoms with E-state index in [1.807, 2.05) is 31.2 Å². The molecule has 1 aliphatic rings. The lowest BCUT2D eigenvalue weighted by atomic mass is 10.1. The van der Waals surface area contributed by atoms with Crippen LogP contribution in [0.4, 0.5) is 5.69 Å². The summed E-state index contributed by atoms with van der Waals surface area (Å²) in [5, 5.41) is 0. The zero-order chi connectivity index (χ0) is 15.0. The Kier molecular flexibility index (Phi) is 3.22. The fourth-order valence-electron chi connectivity index (χ4n) is 2.48. The van der Waals surface area contributed by atoms with Crippen molar-refractivity contribution in [3.63, 3.8) is 0 Å². The van der Waals surface area contributed by atoms with Gasteiger partial charge in [0, 0.05) is 12.5 Å². The van der Waals surface area contributed by atoms with Gasteiger partial charge in [0.25, 0.3) is 0 Å². The Morgan fingerprint density at radius 1 is 1.10 bits per heavy atom. The van der Waals surface area contributed by atoms with E-state index >= 15 is 0 Å². The molecule has 106 valence electrons. The molecule has 0 aliphatic carbocycles. The summed E-state index contributed by atoms with van der Waals surface area (Å²) in [5.74, 6) is -0.575. The molecule has 0 N–H and O–H groups in total. The lowest BCUT2D eigenvalue weighted by molar-refractivity contribution is -0.118. The molecule has 1 atom stereocenters. The first-order chi connectivity index (χ1) is 10.1. The molecule has 0 radical (unpaired) electrons.